The number of esters is 2. The van der Waals surface area contributed by atoms with E-state index in [0.717, 1.165) is 49.7 Å². The van der Waals surface area contributed by atoms with E-state index in [-0.39, 0.29) is 40.5 Å². The van der Waals surface area contributed by atoms with E-state index in [9.17, 15) is 9.59 Å². The highest BCUT2D eigenvalue weighted by atomic mass is 16.6. The minimum absolute atomic E-state index is 0.0643. The summed E-state index contributed by atoms with van der Waals surface area (Å²) in [5.74, 6) is 0.562. The van der Waals surface area contributed by atoms with Gasteiger partial charge in [-0.25, -0.2) is 0 Å². The summed E-state index contributed by atoms with van der Waals surface area (Å²) in [6.07, 6.45) is 7.72. The van der Waals surface area contributed by atoms with Crippen LogP contribution in [0.2, 0.25) is 0 Å². The van der Waals surface area contributed by atoms with E-state index in [1.165, 1.54) is 12.0 Å². The maximum Gasteiger partial charge on any atom is 0.313 e. The first-order valence-electron chi connectivity index (χ1n) is 13.5. The molecule has 4 nitrogen and oxygen atoms in total. The number of benzene rings is 1. The van der Waals surface area contributed by atoms with Crippen molar-refractivity contribution in [2.45, 2.75) is 119 Å². The van der Waals surface area contributed by atoms with Crippen molar-refractivity contribution >= 4 is 11.9 Å². The van der Waals surface area contributed by atoms with Gasteiger partial charge in [0.1, 0.15) is 0 Å². The quantitative estimate of drug-likeness (QED) is 0.302. The highest BCUT2D eigenvalue weighted by Crippen LogP contribution is 2.62. The van der Waals surface area contributed by atoms with Crippen molar-refractivity contribution in [3.8, 4) is 11.5 Å². The predicted octanol–water partition coefficient (Wildman–Crippen LogP) is 7.74. The molecule has 0 bridgehead atoms. The Kier molecular flexibility index (Phi) is 7.89. The second-order valence-corrected chi connectivity index (χ2v) is 12.3. The summed E-state index contributed by atoms with van der Waals surface area (Å²) in [4.78, 5) is 25.9. The van der Waals surface area contributed by atoms with Crippen LogP contribution < -0.4 is 9.47 Å². The molecule has 2 aliphatic carbocycles. The molecular formula is C30H46O4. The first kappa shape index (κ1) is 26.8. The molecule has 0 unspecified atom stereocenters. The van der Waals surface area contributed by atoms with Crippen molar-refractivity contribution in [2.24, 2.45) is 23.2 Å². The van der Waals surface area contributed by atoms with Crippen LogP contribution in [-0.2, 0) is 21.4 Å². The molecule has 0 amide bonds. The van der Waals surface area contributed by atoms with E-state index in [2.05, 4.69) is 40.7 Å². The van der Waals surface area contributed by atoms with Gasteiger partial charge in [0.05, 0.1) is 11.8 Å². The van der Waals surface area contributed by atoms with Crippen LogP contribution in [0.3, 0.4) is 0 Å². The molecule has 0 N–H and O–H groups in total. The van der Waals surface area contributed by atoms with E-state index in [0.29, 0.717) is 17.4 Å². The number of hydrogen-bond donors (Lipinski definition) is 0. The van der Waals surface area contributed by atoms with Crippen molar-refractivity contribution in [3.63, 3.8) is 0 Å². The molecule has 3 rings (SSSR count). The number of carbonyl (C=O) groups is 2. The molecule has 0 aliphatic heterocycles. The Labute approximate surface area is 207 Å². The summed E-state index contributed by atoms with van der Waals surface area (Å²) in [6, 6.07) is 2.25. The number of fused-ring (bicyclic) bond motifs is 3. The maximum absolute atomic E-state index is 13.0. The molecule has 1 aromatic carbocycles. The molecule has 1 saturated carbocycles. The van der Waals surface area contributed by atoms with Crippen LogP contribution in [0.15, 0.2) is 6.07 Å². The second kappa shape index (κ2) is 10.0. The third kappa shape index (κ3) is 4.79. The van der Waals surface area contributed by atoms with E-state index >= 15 is 0 Å². The molecule has 1 aromatic rings. The van der Waals surface area contributed by atoms with Crippen LogP contribution in [0, 0.1) is 23.2 Å². The van der Waals surface area contributed by atoms with Gasteiger partial charge in [-0.05, 0) is 54.9 Å². The van der Waals surface area contributed by atoms with Crippen LogP contribution >= 0.6 is 0 Å². The molecular weight excluding hydrogens is 424 g/mol. The molecule has 4 heteroatoms. The third-order valence-corrected chi connectivity index (χ3v) is 8.27. The largest absolute Gasteiger partial charge is 0.422 e. The van der Waals surface area contributed by atoms with Crippen molar-refractivity contribution in [3.05, 3.63) is 22.8 Å². The Hall–Kier alpha value is -1.84. The Bertz CT molecular complexity index is 920. The van der Waals surface area contributed by atoms with Gasteiger partial charge in [0.2, 0.25) is 0 Å². The minimum atomic E-state index is -0.287. The van der Waals surface area contributed by atoms with Crippen LogP contribution in [0.5, 0.6) is 11.5 Å². The Morgan fingerprint density at radius 3 is 2.09 bits per heavy atom. The van der Waals surface area contributed by atoms with E-state index in [4.69, 9.17) is 9.47 Å². The van der Waals surface area contributed by atoms with Gasteiger partial charge in [0, 0.05) is 16.5 Å². The lowest BCUT2D eigenvalue weighted by Crippen LogP contribution is -2.50. The molecule has 1 fully saturated rings. The van der Waals surface area contributed by atoms with Gasteiger partial charge in [0.25, 0.3) is 0 Å². The molecule has 34 heavy (non-hydrogen) atoms. The predicted molar refractivity (Wildman–Crippen MR) is 138 cm³/mol. The summed E-state index contributed by atoms with van der Waals surface area (Å²) in [5, 5.41) is 0. The molecule has 0 radical (unpaired) electrons. The fraction of sp³-hybridized carbons (Fsp3) is 0.733. The van der Waals surface area contributed by atoms with Gasteiger partial charge in [-0.1, -0.05) is 81.2 Å². The van der Waals surface area contributed by atoms with Gasteiger partial charge in [-0.2, -0.15) is 0 Å². The minimum Gasteiger partial charge on any atom is -0.422 e. The van der Waals surface area contributed by atoms with Gasteiger partial charge in [0.15, 0.2) is 11.5 Å². The van der Waals surface area contributed by atoms with E-state index in [1.54, 1.807) is 0 Å². The number of ether oxygens (including phenoxy) is 2. The average molecular weight is 471 g/mol. The van der Waals surface area contributed by atoms with Gasteiger partial charge in [-0.15, -0.1) is 0 Å². The zero-order valence-electron chi connectivity index (χ0n) is 23.0. The number of hydrogen-bond acceptors (Lipinski definition) is 4. The van der Waals surface area contributed by atoms with Crippen LogP contribution in [-0.4, -0.2) is 11.9 Å². The smallest absolute Gasteiger partial charge is 0.313 e. The Morgan fingerprint density at radius 1 is 0.971 bits per heavy atom. The summed E-state index contributed by atoms with van der Waals surface area (Å²) in [6.45, 7) is 18.7. The zero-order valence-corrected chi connectivity index (χ0v) is 23.0. The zero-order chi connectivity index (χ0) is 25.4. The maximum atomic E-state index is 13.0. The lowest BCUT2D eigenvalue weighted by molar-refractivity contribution is -0.140. The first-order chi connectivity index (χ1) is 15.9. The normalized spacial score (nSPS) is 23.6. The summed E-state index contributed by atoms with van der Waals surface area (Å²) in [7, 11) is 0. The molecule has 190 valence electrons. The van der Waals surface area contributed by atoms with Gasteiger partial charge < -0.3 is 9.47 Å². The van der Waals surface area contributed by atoms with Crippen molar-refractivity contribution in [1.29, 1.82) is 0 Å². The van der Waals surface area contributed by atoms with Crippen molar-refractivity contribution in [2.75, 3.05) is 0 Å². The Morgan fingerprint density at radius 2 is 1.56 bits per heavy atom. The fourth-order valence-electron chi connectivity index (χ4n) is 6.62. The second-order valence-electron chi connectivity index (χ2n) is 12.3. The highest BCUT2D eigenvalue weighted by Gasteiger charge is 2.54. The summed E-state index contributed by atoms with van der Waals surface area (Å²) < 4.78 is 12.3. The van der Waals surface area contributed by atoms with Crippen molar-refractivity contribution in [1.82, 2.24) is 0 Å². The summed E-state index contributed by atoms with van der Waals surface area (Å²) >= 11 is 0. The number of aryl methyl sites for hydroxylation is 1. The number of carbonyl (C=O) groups excluding carboxylic acids is 2. The molecule has 2 atom stereocenters. The number of rotatable bonds is 7. The third-order valence-electron chi connectivity index (χ3n) is 8.27. The molecule has 0 aromatic heterocycles. The molecule has 0 spiro atoms. The van der Waals surface area contributed by atoms with E-state index < -0.39 is 0 Å². The molecule has 2 aliphatic rings. The lowest BCUT2D eigenvalue weighted by atomic mass is 9.48. The highest BCUT2D eigenvalue weighted by molar-refractivity contribution is 5.80. The lowest BCUT2D eigenvalue weighted by Gasteiger charge is -2.56. The Balaban J connectivity index is 2.37. The van der Waals surface area contributed by atoms with Gasteiger partial charge in [-0.3, -0.25) is 9.59 Å². The first-order valence-corrected chi connectivity index (χ1v) is 13.5. The van der Waals surface area contributed by atoms with Crippen molar-refractivity contribution < 1.29 is 19.1 Å². The fourth-order valence-corrected chi connectivity index (χ4v) is 6.62. The van der Waals surface area contributed by atoms with Crippen LogP contribution in [0.1, 0.15) is 123 Å². The van der Waals surface area contributed by atoms with E-state index in [1.807, 2.05) is 27.7 Å². The molecule has 0 saturated heterocycles. The summed E-state index contributed by atoms with van der Waals surface area (Å²) in [5.41, 5.74) is 3.55. The standard InChI is InChI=1S/C30H46O4/c1-10-14-30-16-11-15-29(8,9)23(30)13-12-21-17-22(18(2)3)25(33-27(31)19(4)5)26(24(21)30)34-28(32)20(6)7/h17-20,23H,10-16H2,1-9H3/t23-,30-/m0/s1. The van der Waals surface area contributed by atoms with Crippen LogP contribution in [0.25, 0.3) is 0 Å². The molecule has 0 heterocycles. The monoisotopic (exact) mass is 470 g/mol. The SMILES string of the molecule is CCC[C@]12CCCC(C)(C)[C@@H]1CCc1cc(C(C)C)c(OC(=O)C(C)C)c(OC(=O)C(C)C)c12. The topological polar surface area (TPSA) is 52.6 Å². The van der Waals surface area contributed by atoms with Crippen LogP contribution in [0.4, 0.5) is 0 Å². The van der Waals surface area contributed by atoms with Gasteiger partial charge >= 0.3 is 11.9 Å². The average Bonchev–Trinajstić information content (AvgIpc) is 2.73.